The maximum atomic E-state index is 12.3. The molecule has 1 saturated carbocycles. The van der Waals surface area contributed by atoms with Gasteiger partial charge in [0.05, 0.1) is 17.5 Å². The van der Waals surface area contributed by atoms with Gasteiger partial charge >= 0.3 is 6.09 Å². The lowest BCUT2D eigenvalue weighted by molar-refractivity contribution is -0.160. The molecule has 1 aliphatic carbocycles. The second kappa shape index (κ2) is 9.62. The summed E-state index contributed by atoms with van der Waals surface area (Å²) in [7, 11) is 0. The smallest absolute Gasteiger partial charge is 0.407 e. The second-order valence-electron chi connectivity index (χ2n) is 10.7. The molecule has 2 fully saturated rings. The van der Waals surface area contributed by atoms with Crippen LogP contribution in [0.1, 0.15) is 65.5 Å². The summed E-state index contributed by atoms with van der Waals surface area (Å²) >= 11 is 3.51. The van der Waals surface area contributed by atoms with Gasteiger partial charge in [0.2, 0.25) is 0 Å². The number of fused-ring (bicyclic) bond motifs is 2. The van der Waals surface area contributed by atoms with E-state index in [1.165, 1.54) is 6.33 Å². The summed E-state index contributed by atoms with van der Waals surface area (Å²) in [6.07, 6.45) is 6.74. The normalized spacial score (nSPS) is 26.1. The van der Waals surface area contributed by atoms with Crippen LogP contribution >= 0.6 is 15.9 Å². The van der Waals surface area contributed by atoms with Gasteiger partial charge in [-0.3, -0.25) is 0 Å². The van der Waals surface area contributed by atoms with E-state index >= 15 is 0 Å². The molecule has 0 radical (unpaired) electrons. The van der Waals surface area contributed by atoms with E-state index in [2.05, 4.69) is 42.0 Å². The van der Waals surface area contributed by atoms with E-state index in [4.69, 9.17) is 19.9 Å². The van der Waals surface area contributed by atoms with E-state index < -0.39 is 17.5 Å². The van der Waals surface area contributed by atoms with Crippen molar-refractivity contribution in [2.75, 3.05) is 17.6 Å². The number of ether oxygens (including phenoxy) is 3. The lowest BCUT2D eigenvalue weighted by Gasteiger charge is -2.25. The number of aryl methyl sites for hydroxylation is 1. The molecule has 2 aromatic heterocycles. The van der Waals surface area contributed by atoms with E-state index in [9.17, 15) is 4.79 Å². The van der Waals surface area contributed by atoms with Crippen molar-refractivity contribution in [3.63, 3.8) is 0 Å². The number of nitrogens with two attached hydrogens (primary N) is 1. The topological polar surface area (TPSA) is 114 Å². The van der Waals surface area contributed by atoms with Gasteiger partial charge in [-0.2, -0.15) is 0 Å². The molecule has 4 atom stereocenters. The summed E-state index contributed by atoms with van der Waals surface area (Å²) in [5.74, 6) is -0.134. The summed E-state index contributed by atoms with van der Waals surface area (Å²) in [6, 6.07) is -0.000985. The number of nitrogens with one attached hydrogen (secondary N) is 1. The number of anilines is 1. The molecule has 188 valence electrons. The van der Waals surface area contributed by atoms with Gasteiger partial charge in [0, 0.05) is 24.0 Å². The second-order valence-corrected chi connectivity index (χ2v) is 11.5. The van der Waals surface area contributed by atoms with E-state index in [1.54, 1.807) is 0 Å². The zero-order valence-corrected chi connectivity index (χ0v) is 22.2. The molecule has 1 aliphatic heterocycles. The minimum absolute atomic E-state index is 0.000985. The molecule has 4 rings (SSSR count). The van der Waals surface area contributed by atoms with E-state index in [1.807, 2.05) is 34.6 Å². The van der Waals surface area contributed by atoms with Crippen LogP contribution < -0.4 is 11.1 Å². The number of halogens is 1. The van der Waals surface area contributed by atoms with Gasteiger partial charge in [-0.15, -0.1) is 0 Å². The Hall–Kier alpha value is -1.91. The van der Waals surface area contributed by atoms with Crippen LogP contribution in [0.3, 0.4) is 0 Å². The number of rotatable bonds is 7. The maximum absolute atomic E-state index is 12.3. The molecule has 34 heavy (non-hydrogen) atoms. The lowest BCUT2D eigenvalue weighted by Crippen LogP contribution is -2.38. The first-order valence-corrected chi connectivity index (χ1v) is 13.1. The molecule has 0 aromatic carbocycles. The number of hydrogen-bond acceptors (Lipinski definition) is 7. The van der Waals surface area contributed by atoms with Crippen molar-refractivity contribution in [1.29, 1.82) is 0 Å². The Balaban J connectivity index is 1.61. The van der Waals surface area contributed by atoms with Gasteiger partial charge in [0.15, 0.2) is 5.79 Å². The van der Waals surface area contributed by atoms with Crippen molar-refractivity contribution in [3.8, 4) is 0 Å². The van der Waals surface area contributed by atoms with Crippen molar-refractivity contribution in [1.82, 2.24) is 19.9 Å². The molecule has 10 heteroatoms. The first kappa shape index (κ1) is 25.2. The van der Waals surface area contributed by atoms with Gasteiger partial charge < -0.3 is 29.8 Å². The van der Waals surface area contributed by atoms with Crippen LogP contribution in [-0.4, -0.2) is 56.1 Å². The van der Waals surface area contributed by atoms with Crippen LogP contribution in [0.15, 0.2) is 12.5 Å². The Bertz CT molecular complexity index is 1030. The third-order valence-electron chi connectivity index (χ3n) is 6.36. The largest absolute Gasteiger partial charge is 0.444 e. The molecule has 1 saturated heterocycles. The van der Waals surface area contributed by atoms with Gasteiger partial charge in [-0.1, -0.05) is 15.9 Å². The fraction of sp³-hybridized carbons (Fsp3) is 0.708. The van der Waals surface area contributed by atoms with Crippen molar-refractivity contribution in [3.05, 3.63) is 18.1 Å². The number of alkyl halides is 1. The van der Waals surface area contributed by atoms with Crippen LogP contribution in [0.4, 0.5) is 10.6 Å². The molecule has 1 amide bonds. The average Bonchev–Trinajstić information content (AvgIpc) is 3.35. The number of alkyl carbamates (subject to hydrolysis) is 1. The van der Waals surface area contributed by atoms with Crippen LogP contribution in [0.5, 0.6) is 0 Å². The Kier molecular flexibility index (Phi) is 7.13. The number of aromatic nitrogens is 3. The number of nitrogens with zero attached hydrogens (tertiary/aromatic N) is 3. The van der Waals surface area contributed by atoms with Crippen LogP contribution in [0, 0.1) is 5.92 Å². The maximum Gasteiger partial charge on any atom is 0.407 e. The summed E-state index contributed by atoms with van der Waals surface area (Å²) in [5, 5.41) is 4.81. The van der Waals surface area contributed by atoms with Gasteiger partial charge in [0.1, 0.15) is 29.5 Å². The van der Waals surface area contributed by atoms with E-state index in [0.29, 0.717) is 12.4 Å². The average molecular weight is 538 g/mol. The predicted octanol–water partition coefficient (Wildman–Crippen LogP) is 4.34. The number of nitrogen functional groups attached to an aromatic ring is 1. The third-order valence-corrected chi connectivity index (χ3v) is 6.92. The van der Waals surface area contributed by atoms with Crippen LogP contribution in [0.2, 0.25) is 0 Å². The summed E-state index contributed by atoms with van der Waals surface area (Å²) in [6.45, 7) is 9.86. The van der Waals surface area contributed by atoms with Crippen molar-refractivity contribution in [2.24, 2.45) is 5.92 Å². The molecule has 0 bridgehead atoms. The zero-order valence-electron chi connectivity index (χ0n) is 20.6. The fourth-order valence-corrected chi connectivity index (χ4v) is 5.49. The highest BCUT2D eigenvalue weighted by Gasteiger charge is 2.54. The first-order valence-electron chi connectivity index (χ1n) is 12.0. The van der Waals surface area contributed by atoms with Crippen LogP contribution in [0.25, 0.3) is 11.0 Å². The fourth-order valence-electron chi connectivity index (χ4n) is 5.10. The van der Waals surface area contributed by atoms with Crippen molar-refractivity contribution in [2.45, 2.75) is 89.9 Å². The highest BCUT2D eigenvalue weighted by atomic mass is 79.9. The summed E-state index contributed by atoms with van der Waals surface area (Å²) < 4.78 is 20.3. The molecular formula is C24H36BrN5O4. The Morgan fingerprint density at radius 2 is 2.03 bits per heavy atom. The number of amides is 1. The highest BCUT2D eigenvalue weighted by molar-refractivity contribution is 9.09. The molecule has 2 aromatic rings. The molecule has 2 aliphatic rings. The van der Waals surface area contributed by atoms with Crippen molar-refractivity contribution < 1.29 is 19.0 Å². The first-order chi connectivity index (χ1) is 16.0. The molecule has 3 N–H and O–H groups in total. The van der Waals surface area contributed by atoms with Gasteiger partial charge in [-0.05, 0) is 65.9 Å². The Morgan fingerprint density at radius 3 is 2.74 bits per heavy atom. The van der Waals surface area contributed by atoms with E-state index in [0.717, 1.165) is 47.6 Å². The van der Waals surface area contributed by atoms with Crippen molar-refractivity contribution >= 4 is 38.9 Å². The van der Waals surface area contributed by atoms with E-state index in [-0.39, 0.29) is 24.2 Å². The minimum atomic E-state index is -0.701. The minimum Gasteiger partial charge on any atom is -0.444 e. The lowest BCUT2D eigenvalue weighted by atomic mass is 10.1. The summed E-state index contributed by atoms with van der Waals surface area (Å²) in [4.78, 5) is 21.1. The Morgan fingerprint density at radius 1 is 1.29 bits per heavy atom. The number of hydrogen-bond donors (Lipinski definition) is 2. The Labute approximate surface area is 209 Å². The quantitative estimate of drug-likeness (QED) is 0.398. The molecule has 9 nitrogen and oxygen atoms in total. The highest BCUT2D eigenvalue weighted by Crippen LogP contribution is 2.48. The SMILES string of the molecule is CC(C)(C)OC(=O)NC[C@H]1C[C@@H](n2cc(CCCCBr)c3c(N)ncnc32)[C@@H]2OC(C)(C)O[C@H]12. The van der Waals surface area contributed by atoms with Crippen LogP contribution in [-0.2, 0) is 20.6 Å². The molecular weight excluding hydrogens is 502 g/mol. The predicted molar refractivity (Wildman–Crippen MR) is 134 cm³/mol. The number of carbonyl (C=O) groups excluding carboxylic acids is 1. The van der Waals surface area contributed by atoms with Gasteiger partial charge in [0.25, 0.3) is 0 Å². The standard InChI is InChI=1S/C24H36BrN5O4/c1-23(2,3)34-22(31)27-11-15-10-16(19-18(15)32-24(4,5)33-19)30-12-14(8-6-7-9-25)17-20(26)28-13-29-21(17)30/h12-13,15-16,18-19H,6-11H2,1-5H3,(H,27,31)(H2,26,28,29)/t15-,16-,18-,19+/m1/s1. The number of unbranched alkanes of at least 4 members (excludes halogenated alkanes) is 1. The summed E-state index contributed by atoms with van der Waals surface area (Å²) in [5.41, 5.74) is 7.71. The third kappa shape index (κ3) is 5.33. The number of carbonyl (C=O) groups is 1. The van der Waals surface area contributed by atoms with Gasteiger partial charge in [-0.25, -0.2) is 14.8 Å². The molecule has 0 unspecified atom stereocenters. The molecule has 0 spiro atoms. The molecule has 3 heterocycles. The zero-order chi connectivity index (χ0) is 24.7. The monoisotopic (exact) mass is 537 g/mol.